The van der Waals surface area contributed by atoms with Gasteiger partial charge in [0.15, 0.2) is 9.84 Å². The number of rotatable bonds is 3. The Bertz CT molecular complexity index is 748. The zero-order chi connectivity index (χ0) is 14.9. The molecule has 106 valence electrons. The molecule has 0 saturated heterocycles. The van der Waals surface area contributed by atoms with Crippen molar-refractivity contribution in [3.63, 3.8) is 0 Å². The van der Waals surface area contributed by atoms with Crippen molar-refractivity contribution in [3.8, 4) is 5.69 Å². The van der Waals surface area contributed by atoms with Crippen molar-refractivity contribution < 1.29 is 13.2 Å². The number of nitrogen functional groups attached to an aromatic ring is 1. The van der Waals surface area contributed by atoms with Gasteiger partial charge in [0.25, 0.3) is 5.91 Å². The van der Waals surface area contributed by atoms with Gasteiger partial charge in [0.05, 0.1) is 28.0 Å². The fourth-order valence-corrected chi connectivity index (χ4v) is 2.44. The summed E-state index contributed by atoms with van der Waals surface area (Å²) in [5.41, 5.74) is 3.67. The lowest BCUT2D eigenvalue weighted by Gasteiger charge is -2.06. The van der Waals surface area contributed by atoms with Gasteiger partial charge < -0.3 is 0 Å². The first-order valence-corrected chi connectivity index (χ1v) is 7.60. The SMILES string of the molecule is Cc1c(C(=O)NN)cnn1-c1ccc(S(C)(=O)=O)cc1. The fraction of sp³-hybridized carbons (Fsp3) is 0.167. The zero-order valence-electron chi connectivity index (χ0n) is 11.0. The molecule has 0 bridgehead atoms. The molecule has 2 rings (SSSR count). The molecule has 3 N–H and O–H groups in total. The molecule has 1 heterocycles. The molecule has 0 radical (unpaired) electrons. The number of nitrogens with zero attached hydrogens (tertiary/aromatic N) is 2. The molecule has 20 heavy (non-hydrogen) atoms. The minimum atomic E-state index is -3.23. The van der Waals surface area contributed by atoms with Gasteiger partial charge in [-0.1, -0.05) is 0 Å². The predicted octanol–water partition coefficient (Wildman–Crippen LogP) is 0.188. The number of hydrogen-bond donors (Lipinski definition) is 2. The molecular weight excluding hydrogens is 280 g/mol. The van der Waals surface area contributed by atoms with Crippen LogP contribution in [-0.4, -0.2) is 30.4 Å². The Balaban J connectivity index is 2.43. The molecule has 0 fully saturated rings. The second kappa shape index (κ2) is 5.06. The van der Waals surface area contributed by atoms with Crippen molar-refractivity contribution in [2.75, 3.05) is 6.26 Å². The number of nitrogens with two attached hydrogens (primary N) is 1. The number of carbonyl (C=O) groups excluding carboxylic acids is 1. The van der Waals surface area contributed by atoms with E-state index in [1.807, 2.05) is 5.43 Å². The highest BCUT2D eigenvalue weighted by molar-refractivity contribution is 7.90. The third-order valence-electron chi connectivity index (χ3n) is 2.89. The van der Waals surface area contributed by atoms with Crippen LogP contribution in [-0.2, 0) is 9.84 Å². The summed E-state index contributed by atoms with van der Waals surface area (Å²) >= 11 is 0. The lowest BCUT2D eigenvalue weighted by atomic mass is 10.2. The van der Waals surface area contributed by atoms with Crippen molar-refractivity contribution in [1.29, 1.82) is 0 Å². The maximum absolute atomic E-state index is 11.5. The maximum atomic E-state index is 11.5. The van der Waals surface area contributed by atoms with Crippen LogP contribution in [0, 0.1) is 6.92 Å². The summed E-state index contributed by atoms with van der Waals surface area (Å²) in [4.78, 5) is 11.7. The maximum Gasteiger partial charge on any atom is 0.268 e. The summed E-state index contributed by atoms with van der Waals surface area (Å²) in [6.45, 7) is 1.72. The standard InChI is InChI=1S/C12H14N4O3S/c1-8-11(12(17)15-13)7-14-16(8)9-3-5-10(6-4-9)20(2,18)19/h3-7H,13H2,1-2H3,(H,15,17). The number of carbonyl (C=O) groups is 1. The van der Waals surface area contributed by atoms with E-state index in [4.69, 9.17) is 5.84 Å². The first-order valence-electron chi connectivity index (χ1n) is 5.70. The Morgan fingerprint density at radius 2 is 1.90 bits per heavy atom. The van der Waals surface area contributed by atoms with Crippen molar-refractivity contribution in [2.24, 2.45) is 5.84 Å². The highest BCUT2D eigenvalue weighted by atomic mass is 32.2. The Morgan fingerprint density at radius 1 is 1.30 bits per heavy atom. The Kier molecular flexibility index (Phi) is 3.60. The smallest absolute Gasteiger partial charge is 0.268 e. The van der Waals surface area contributed by atoms with E-state index in [2.05, 4.69) is 5.10 Å². The molecule has 0 aliphatic carbocycles. The fourth-order valence-electron chi connectivity index (χ4n) is 1.81. The number of amides is 1. The molecule has 0 saturated carbocycles. The number of hydrazine groups is 1. The summed E-state index contributed by atoms with van der Waals surface area (Å²) in [7, 11) is -3.23. The Morgan fingerprint density at radius 3 is 2.40 bits per heavy atom. The van der Waals surface area contributed by atoms with Crippen LogP contribution in [0.3, 0.4) is 0 Å². The molecule has 0 atom stereocenters. The molecule has 1 amide bonds. The van der Waals surface area contributed by atoms with Gasteiger partial charge in [-0.25, -0.2) is 18.9 Å². The van der Waals surface area contributed by atoms with Gasteiger partial charge in [-0.05, 0) is 31.2 Å². The molecule has 1 aromatic heterocycles. The first kappa shape index (κ1) is 14.2. The van der Waals surface area contributed by atoms with Crippen molar-refractivity contribution in [2.45, 2.75) is 11.8 Å². The number of aromatic nitrogens is 2. The van der Waals surface area contributed by atoms with E-state index in [1.54, 1.807) is 19.1 Å². The van der Waals surface area contributed by atoms with Crippen LogP contribution in [0.15, 0.2) is 35.4 Å². The second-order valence-electron chi connectivity index (χ2n) is 4.29. The summed E-state index contributed by atoms with van der Waals surface area (Å²) in [5.74, 6) is 4.66. The van der Waals surface area contributed by atoms with Gasteiger partial charge in [-0.3, -0.25) is 10.2 Å². The second-order valence-corrected chi connectivity index (χ2v) is 6.31. The average molecular weight is 294 g/mol. The number of nitrogens with one attached hydrogen (secondary N) is 1. The van der Waals surface area contributed by atoms with Gasteiger partial charge in [0.2, 0.25) is 0 Å². The zero-order valence-corrected chi connectivity index (χ0v) is 11.8. The van der Waals surface area contributed by atoms with E-state index in [0.717, 1.165) is 6.26 Å². The molecule has 0 unspecified atom stereocenters. The minimum Gasteiger partial charge on any atom is -0.290 e. The van der Waals surface area contributed by atoms with Crippen LogP contribution >= 0.6 is 0 Å². The van der Waals surface area contributed by atoms with Crippen LogP contribution in [0.1, 0.15) is 16.1 Å². The third kappa shape index (κ3) is 2.56. The van der Waals surface area contributed by atoms with Crippen LogP contribution in [0.4, 0.5) is 0 Å². The lowest BCUT2D eigenvalue weighted by Crippen LogP contribution is -2.30. The largest absolute Gasteiger partial charge is 0.290 e. The van der Waals surface area contributed by atoms with E-state index in [1.165, 1.54) is 23.0 Å². The van der Waals surface area contributed by atoms with E-state index in [-0.39, 0.29) is 4.90 Å². The van der Waals surface area contributed by atoms with Crippen LogP contribution in [0.25, 0.3) is 5.69 Å². The summed E-state index contributed by atoms with van der Waals surface area (Å²) in [6.07, 6.45) is 2.55. The molecule has 1 aromatic carbocycles. The molecule has 0 spiro atoms. The third-order valence-corrected chi connectivity index (χ3v) is 4.02. The average Bonchev–Trinajstić information content (AvgIpc) is 2.79. The molecular formula is C12H14N4O3S. The van der Waals surface area contributed by atoms with E-state index in [0.29, 0.717) is 16.9 Å². The van der Waals surface area contributed by atoms with Gasteiger partial charge in [-0.2, -0.15) is 5.10 Å². The van der Waals surface area contributed by atoms with Crippen LogP contribution in [0.2, 0.25) is 0 Å². The summed E-state index contributed by atoms with van der Waals surface area (Å²) in [6, 6.07) is 6.24. The summed E-state index contributed by atoms with van der Waals surface area (Å²) < 4.78 is 24.3. The number of hydrogen-bond acceptors (Lipinski definition) is 5. The summed E-state index contributed by atoms with van der Waals surface area (Å²) in [5, 5.41) is 4.10. The van der Waals surface area contributed by atoms with Gasteiger partial charge in [-0.15, -0.1) is 0 Å². The van der Waals surface area contributed by atoms with Crippen molar-refractivity contribution in [3.05, 3.63) is 41.7 Å². The van der Waals surface area contributed by atoms with E-state index >= 15 is 0 Å². The van der Waals surface area contributed by atoms with E-state index < -0.39 is 15.7 Å². The normalized spacial score (nSPS) is 11.3. The minimum absolute atomic E-state index is 0.228. The highest BCUT2D eigenvalue weighted by Crippen LogP contribution is 2.16. The molecule has 2 aromatic rings. The quantitative estimate of drug-likeness (QED) is 0.477. The Labute approximate surface area is 116 Å². The van der Waals surface area contributed by atoms with Crippen molar-refractivity contribution in [1.82, 2.24) is 15.2 Å². The number of benzene rings is 1. The van der Waals surface area contributed by atoms with Gasteiger partial charge in [0.1, 0.15) is 0 Å². The molecule has 0 aliphatic rings. The molecule has 7 nitrogen and oxygen atoms in total. The molecule has 0 aliphatic heterocycles. The molecule has 8 heteroatoms. The Hall–Kier alpha value is -2.19. The highest BCUT2D eigenvalue weighted by Gasteiger charge is 2.14. The van der Waals surface area contributed by atoms with Crippen molar-refractivity contribution >= 4 is 15.7 Å². The van der Waals surface area contributed by atoms with Crippen LogP contribution < -0.4 is 11.3 Å². The first-order chi connectivity index (χ1) is 9.34. The van der Waals surface area contributed by atoms with Gasteiger partial charge >= 0.3 is 0 Å². The van der Waals surface area contributed by atoms with Gasteiger partial charge in [0, 0.05) is 6.26 Å². The topological polar surface area (TPSA) is 107 Å². The predicted molar refractivity (Wildman–Crippen MR) is 73.1 cm³/mol. The number of sulfone groups is 1. The lowest BCUT2D eigenvalue weighted by molar-refractivity contribution is 0.0953. The monoisotopic (exact) mass is 294 g/mol. The van der Waals surface area contributed by atoms with Crippen LogP contribution in [0.5, 0.6) is 0 Å². The van der Waals surface area contributed by atoms with E-state index in [9.17, 15) is 13.2 Å².